The highest BCUT2D eigenvalue weighted by atomic mass is 16.6. The summed E-state index contributed by atoms with van der Waals surface area (Å²) < 4.78 is 5.45. The summed E-state index contributed by atoms with van der Waals surface area (Å²) in [6.45, 7) is 5.46. The first-order valence-electron chi connectivity index (χ1n) is 7.42. The second-order valence-corrected chi connectivity index (χ2v) is 6.72. The number of hydrogen-bond donors (Lipinski definition) is 2. The summed E-state index contributed by atoms with van der Waals surface area (Å²) in [7, 11) is 0. The molecule has 0 saturated heterocycles. The molecule has 1 aliphatic rings. The fourth-order valence-corrected chi connectivity index (χ4v) is 2.77. The molecule has 0 aromatic rings. The van der Waals surface area contributed by atoms with Crippen molar-refractivity contribution in [3.05, 3.63) is 0 Å². The van der Waals surface area contributed by atoms with E-state index in [2.05, 4.69) is 0 Å². The average molecular weight is 285 g/mol. The van der Waals surface area contributed by atoms with E-state index in [1.807, 2.05) is 20.8 Å². The van der Waals surface area contributed by atoms with Gasteiger partial charge in [0.15, 0.2) is 0 Å². The Labute approximate surface area is 120 Å². The van der Waals surface area contributed by atoms with Gasteiger partial charge in [0.2, 0.25) is 0 Å². The Kier molecular flexibility index (Phi) is 5.99. The highest BCUT2D eigenvalue weighted by molar-refractivity contribution is 5.77. The largest absolute Gasteiger partial charge is 0.480 e. The van der Waals surface area contributed by atoms with Gasteiger partial charge in [-0.05, 0) is 46.0 Å². The first-order chi connectivity index (χ1) is 9.20. The van der Waals surface area contributed by atoms with Crippen LogP contribution in [0.5, 0.6) is 0 Å². The van der Waals surface area contributed by atoms with E-state index in [1.165, 1.54) is 6.42 Å². The van der Waals surface area contributed by atoms with Crippen molar-refractivity contribution in [2.45, 2.75) is 70.9 Å². The Morgan fingerprint density at radius 3 is 2.25 bits per heavy atom. The first-order valence-corrected chi connectivity index (χ1v) is 7.42. The molecular weight excluding hydrogens is 258 g/mol. The van der Waals surface area contributed by atoms with Crippen molar-refractivity contribution in [2.75, 3.05) is 0 Å². The molecule has 5 nitrogen and oxygen atoms in total. The molecule has 0 aliphatic heterocycles. The highest BCUT2D eigenvalue weighted by Crippen LogP contribution is 2.33. The zero-order valence-electron chi connectivity index (χ0n) is 12.7. The molecule has 5 heteroatoms. The first kappa shape index (κ1) is 17.0. The normalized spacial score (nSPS) is 20.2. The van der Waals surface area contributed by atoms with Crippen LogP contribution in [-0.4, -0.2) is 28.7 Å². The third-order valence-corrected chi connectivity index (χ3v) is 3.75. The number of nitrogens with two attached hydrogens (primary N) is 1. The van der Waals surface area contributed by atoms with Gasteiger partial charge >= 0.3 is 11.9 Å². The van der Waals surface area contributed by atoms with Gasteiger partial charge in [0.25, 0.3) is 0 Å². The molecule has 0 amide bonds. The van der Waals surface area contributed by atoms with Crippen LogP contribution < -0.4 is 5.73 Å². The van der Waals surface area contributed by atoms with E-state index in [4.69, 9.17) is 15.6 Å². The predicted molar refractivity (Wildman–Crippen MR) is 76.1 cm³/mol. The monoisotopic (exact) mass is 285 g/mol. The van der Waals surface area contributed by atoms with Crippen LogP contribution in [0.15, 0.2) is 0 Å². The van der Waals surface area contributed by atoms with Crippen LogP contribution >= 0.6 is 0 Å². The summed E-state index contributed by atoms with van der Waals surface area (Å²) in [6.07, 6.45) is 5.43. The van der Waals surface area contributed by atoms with E-state index < -0.39 is 23.5 Å². The van der Waals surface area contributed by atoms with Crippen molar-refractivity contribution >= 4 is 11.9 Å². The number of aliphatic carboxylic acids is 1. The van der Waals surface area contributed by atoms with E-state index in [9.17, 15) is 9.59 Å². The Morgan fingerprint density at radius 1 is 1.25 bits per heavy atom. The number of ether oxygens (including phenoxy) is 1. The van der Waals surface area contributed by atoms with Crippen molar-refractivity contribution in [1.82, 2.24) is 0 Å². The minimum Gasteiger partial charge on any atom is -0.480 e. The predicted octanol–water partition coefficient (Wildman–Crippen LogP) is 2.33. The molecule has 1 saturated carbocycles. The SMILES string of the molecule is CC(C)(C)OC(=O)C(C[C@H](N)C(=O)O)C1CCCCC1. The van der Waals surface area contributed by atoms with Gasteiger partial charge in [-0.15, -0.1) is 0 Å². The molecule has 1 unspecified atom stereocenters. The van der Waals surface area contributed by atoms with Crippen LogP contribution in [0.2, 0.25) is 0 Å². The summed E-state index contributed by atoms with van der Waals surface area (Å²) in [5.74, 6) is -1.57. The molecule has 2 atom stereocenters. The highest BCUT2D eigenvalue weighted by Gasteiger charge is 2.35. The number of carbonyl (C=O) groups is 2. The molecule has 1 aliphatic carbocycles. The van der Waals surface area contributed by atoms with Crippen molar-refractivity contribution < 1.29 is 19.4 Å². The standard InChI is InChI=1S/C15H27NO4/c1-15(2,3)20-14(19)11(9-12(16)13(17)18)10-7-5-4-6-8-10/h10-12H,4-9,16H2,1-3H3,(H,17,18)/t11?,12-/m0/s1. The summed E-state index contributed by atoms with van der Waals surface area (Å²) in [5, 5.41) is 8.97. The molecule has 0 aromatic heterocycles. The Hall–Kier alpha value is -1.10. The van der Waals surface area contributed by atoms with Crippen LogP contribution in [0.25, 0.3) is 0 Å². The molecule has 1 rings (SSSR count). The lowest BCUT2D eigenvalue weighted by Crippen LogP contribution is -2.40. The average Bonchev–Trinajstić information content (AvgIpc) is 2.34. The molecule has 1 fully saturated rings. The van der Waals surface area contributed by atoms with E-state index in [0.717, 1.165) is 25.7 Å². The Bertz CT molecular complexity index is 342. The molecule has 116 valence electrons. The topological polar surface area (TPSA) is 89.6 Å². The van der Waals surface area contributed by atoms with Gasteiger partial charge in [-0.2, -0.15) is 0 Å². The Morgan fingerprint density at radius 2 is 1.80 bits per heavy atom. The Balaban J connectivity index is 2.77. The molecular formula is C15H27NO4. The van der Waals surface area contributed by atoms with Crippen molar-refractivity contribution in [1.29, 1.82) is 0 Å². The van der Waals surface area contributed by atoms with Gasteiger partial charge in [0, 0.05) is 0 Å². The molecule has 0 aromatic carbocycles. The number of hydrogen-bond acceptors (Lipinski definition) is 4. The summed E-state index contributed by atoms with van der Waals surface area (Å²) in [5.41, 5.74) is 5.06. The van der Waals surface area contributed by atoms with E-state index in [0.29, 0.717) is 0 Å². The number of carboxylic acid groups (broad SMARTS) is 1. The number of carboxylic acids is 1. The number of rotatable bonds is 5. The van der Waals surface area contributed by atoms with Crippen molar-refractivity contribution in [2.24, 2.45) is 17.6 Å². The van der Waals surface area contributed by atoms with Gasteiger partial charge in [-0.3, -0.25) is 9.59 Å². The smallest absolute Gasteiger partial charge is 0.320 e. The summed E-state index contributed by atoms with van der Waals surface area (Å²) in [4.78, 5) is 23.3. The van der Waals surface area contributed by atoms with E-state index in [-0.39, 0.29) is 18.3 Å². The maximum Gasteiger partial charge on any atom is 0.320 e. The van der Waals surface area contributed by atoms with Gasteiger partial charge < -0.3 is 15.6 Å². The number of esters is 1. The maximum atomic E-state index is 12.3. The zero-order valence-corrected chi connectivity index (χ0v) is 12.7. The second-order valence-electron chi connectivity index (χ2n) is 6.72. The van der Waals surface area contributed by atoms with Gasteiger partial charge in [-0.1, -0.05) is 19.3 Å². The van der Waals surface area contributed by atoms with Crippen molar-refractivity contribution in [3.8, 4) is 0 Å². The minimum atomic E-state index is -1.06. The van der Waals surface area contributed by atoms with Gasteiger partial charge in [0.1, 0.15) is 11.6 Å². The fraction of sp³-hybridized carbons (Fsp3) is 0.867. The third-order valence-electron chi connectivity index (χ3n) is 3.75. The maximum absolute atomic E-state index is 12.3. The molecule has 3 N–H and O–H groups in total. The minimum absolute atomic E-state index is 0.162. The van der Waals surface area contributed by atoms with E-state index in [1.54, 1.807) is 0 Å². The molecule has 0 bridgehead atoms. The zero-order chi connectivity index (χ0) is 15.3. The summed E-state index contributed by atoms with van der Waals surface area (Å²) in [6, 6.07) is -1.01. The van der Waals surface area contributed by atoms with Crippen LogP contribution in [0, 0.1) is 11.8 Å². The van der Waals surface area contributed by atoms with Gasteiger partial charge in [0.05, 0.1) is 5.92 Å². The van der Waals surface area contributed by atoms with Gasteiger partial charge in [-0.25, -0.2) is 0 Å². The lowest BCUT2D eigenvalue weighted by atomic mass is 9.77. The third kappa shape index (κ3) is 5.49. The van der Waals surface area contributed by atoms with Crippen LogP contribution in [0.4, 0.5) is 0 Å². The van der Waals surface area contributed by atoms with Crippen molar-refractivity contribution in [3.63, 3.8) is 0 Å². The number of carbonyl (C=O) groups excluding carboxylic acids is 1. The van der Waals surface area contributed by atoms with Crippen LogP contribution in [-0.2, 0) is 14.3 Å². The second kappa shape index (κ2) is 7.07. The van der Waals surface area contributed by atoms with Crippen LogP contribution in [0.1, 0.15) is 59.3 Å². The fourth-order valence-electron chi connectivity index (χ4n) is 2.77. The van der Waals surface area contributed by atoms with Crippen LogP contribution in [0.3, 0.4) is 0 Å². The summed E-state index contributed by atoms with van der Waals surface area (Å²) >= 11 is 0. The lowest BCUT2D eigenvalue weighted by molar-refractivity contribution is -0.163. The van der Waals surface area contributed by atoms with E-state index >= 15 is 0 Å². The quantitative estimate of drug-likeness (QED) is 0.757. The molecule has 0 radical (unpaired) electrons. The lowest BCUT2D eigenvalue weighted by Gasteiger charge is -2.32. The molecule has 0 spiro atoms. The molecule has 20 heavy (non-hydrogen) atoms. The molecule has 0 heterocycles.